The van der Waals surface area contributed by atoms with Crippen molar-refractivity contribution in [1.29, 1.82) is 0 Å². The molecule has 2 aliphatic rings. The molecular formula is C36H33F5N4O4. The lowest BCUT2D eigenvalue weighted by Gasteiger charge is -2.37. The number of carbonyl (C=O) groups excluding carboxylic acids is 3. The van der Waals surface area contributed by atoms with Crippen LogP contribution in [0.4, 0.5) is 27.6 Å². The van der Waals surface area contributed by atoms with E-state index in [-0.39, 0.29) is 51.6 Å². The summed E-state index contributed by atoms with van der Waals surface area (Å²) in [5, 5.41) is 2.18. The number of methoxy groups -OCH3 is 1. The lowest BCUT2D eigenvalue weighted by molar-refractivity contribution is -0.137. The van der Waals surface area contributed by atoms with Crippen LogP contribution in [0.1, 0.15) is 69.6 Å². The van der Waals surface area contributed by atoms with Crippen LogP contribution >= 0.6 is 0 Å². The second-order valence-electron chi connectivity index (χ2n) is 12.6. The van der Waals surface area contributed by atoms with Gasteiger partial charge in [-0.15, -0.1) is 0 Å². The summed E-state index contributed by atoms with van der Waals surface area (Å²) in [6.07, 6.45) is 2.84. The molecular weight excluding hydrogens is 647 g/mol. The van der Waals surface area contributed by atoms with E-state index in [1.807, 2.05) is 0 Å². The van der Waals surface area contributed by atoms with Crippen molar-refractivity contribution >= 4 is 28.8 Å². The molecule has 0 bridgehead atoms. The molecule has 0 spiro atoms. The number of rotatable bonds is 8. The van der Waals surface area contributed by atoms with Gasteiger partial charge in [-0.3, -0.25) is 14.4 Å². The zero-order chi connectivity index (χ0) is 35.2. The predicted octanol–water partition coefficient (Wildman–Crippen LogP) is 6.89. The third kappa shape index (κ3) is 6.47. The predicted molar refractivity (Wildman–Crippen MR) is 172 cm³/mol. The van der Waals surface area contributed by atoms with Gasteiger partial charge in [0.25, 0.3) is 5.91 Å². The molecule has 1 aliphatic carbocycles. The van der Waals surface area contributed by atoms with E-state index in [1.54, 1.807) is 13.2 Å². The first-order valence-electron chi connectivity index (χ1n) is 15.6. The zero-order valence-corrected chi connectivity index (χ0v) is 26.7. The largest absolute Gasteiger partial charge is 0.417 e. The molecule has 1 fully saturated rings. The number of ketones is 1. The minimum Gasteiger partial charge on any atom is -0.378 e. The molecule has 4 aromatic rings. The number of ether oxygens (including phenoxy) is 1. The summed E-state index contributed by atoms with van der Waals surface area (Å²) >= 11 is 0. The Morgan fingerprint density at radius 2 is 1.73 bits per heavy atom. The number of nitrogens with zero attached hydrogens (tertiary/aromatic N) is 2. The number of hydrogen-bond acceptors (Lipinski definition) is 5. The third-order valence-electron chi connectivity index (χ3n) is 9.43. The molecule has 0 atom stereocenters. The fraction of sp³-hybridized carbons (Fsp3) is 0.306. The van der Waals surface area contributed by atoms with Gasteiger partial charge in [-0.25, -0.2) is 8.78 Å². The van der Waals surface area contributed by atoms with E-state index in [0.717, 1.165) is 50.0 Å². The fourth-order valence-electron chi connectivity index (χ4n) is 6.69. The minimum absolute atomic E-state index is 0.0444. The summed E-state index contributed by atoms with van der Waals surface area (Å²) in [5.41, 5.74) is 3.84. The van der Waals surface area contributed by atoms with Crippen LogP contribution in [0.15, 0.2) is 66.9 Å². The summed E-state index contributed by atoms with van der Waals surface area (Å²) < 4.78 is 80.1. The van der Waals surface area contributed by atoms with Crippen molar-refractivity contribution in [3.8, 4) is 11.1 Å². The lowest BCUT2D eigenvalue weighted by Crippen LogP contribution is -2.40. The number of fused-ring (bicyclic) bond motifs is 2. The van der Waals surface area contributed by atoms with Crippen LogP contribution in [-0.2, 0) is 22.3 Å². The molecule has 1 saturated carbocycles. The van der Waals surface area contributed by atoms with Gasteiger partial charge in [-0.05, 0) is 91.8 Å². The Kier molecular flexibility index (Phi) is 8.92. The van der Waals surface area contributed by atoms with E-state index < -0.39 is 52.3 Å². The van der Waals surface area contributed by atoms with Crippen molar-refractivity contribution < 1.29 is 41.1 Å². The Bertz CT molecular complexity index is 1990. The zero-order valence-electron chi connectivity index (χ0n) is 26.7. The molecule has 0 saturated heterocycles. The molecule has 256 valence electrons. The van der Waals surface area contributed by atoms with Gasteiger partial charge in [-0.2, -0.15) is 13.2 Å². The lowest BCUT2D eigenvalue weighted by atomic mass is 9.80. The molecule has 13 heteroatoms. The van der Waals surface area contributed by atoms with E-state index in [1.165, 1.54) is 52.9 Å². The number of amides is 2. The number of benzene rings is 2. The smallest absolute Gasteiger partial charge is 0.378 e. The van der Waals surface area contributed by atoms with Crippen LogP contribution in [0.3, 0.4) is 0 Å². The van der Waals surface area contributed by atoms with Gasteiger partial charge in [0.05, 0.1) is 22.4 Å². The molecule has 2 aromatic heterocycles. The maximum atomic E-state index is 15.2. The van der Waals surface area contributed by atoms with Crippen molar-refractivity contribution in [3.63, 3.8) is 0 Å². The number of halogens is 5. The average molecular weight is 681 g/mol. The average Bonchev–Trinajstić information content (AvgIpc) is 3.62. The Hall–Kier alpha value is -4.88. The van der Waals surface area contributed by atoms with Crippen LogP contribution in [0, 0.1) is 11.6 Å². The van der Waals surface area contributed by atoms with Crippen molar-refractivity contribution in [2.24, 2.45) is 5.73 Å². The van der Waals surface area contributed by atoms with Gasteiger partial charge in [0.15, 0.2) is 0 Å². The number of nitrogens with one attached hydrogen (secondary N) is 1. The normalized spacial score (nSPS) is 19.6. The second kappa shape index (κ2) is 12.9. The highest BCUT2D eigenvalue weighted by Crippen LogP contribution is 2.42. The van der Waals surface area contributed by atoms with E-state index >= 15 is 8.78 Å². The minimum atomic E-state index is -4.75. The molecule has 0 unspecified atom stereocenters. The maximum Gasteiger partial charge on any atom is 0.417 e. The number of aromatic nitrogens is 1. The van der Waals surface area contributed by atoms with Crippen molar-refractivity contribution in [2.45, 2.75) is 56.5 Å². The molecule has 2 aromatic carbocycles. The topological polar surface area (TPSA) is 106 Å². The summed E-state index contributed by atoms with van der Waals surface area (Å²) in [7, 11) is 3.09. The van der Waals surface area contributed by atoms with Gasteiger partial charge in [-0.1, -0.05) is 12.1 Å². The van der Waals surface area contributed by atoms with E-state index in [9.17, 15) is 27.6 Å². The first-order valence-corrected chi connectivity index (χ1v) is 15.6. The number of hydrogen-bond donors (Lipinski definition) is 2. The highest BCUT2D eigenvalue weighted by atomic mass is 19.4. The fourth-order valence-corrected chi connectivity index (χ4v) is 6.69. The van der Waals surface area contributed by atoms with Crippen LogP contribution in [0.25, 0.3) is 16.6 Å². The van der Waals surface area contributed by atoms with E-state index in [2.05, 4.69) is 5.32 Å². The van der Waals surface area contributed by atoms with Crippen molar-refractivity contribution in [3.05, 3.63) is 106 Å². The molecule has 2 amide bonds. The standard InChI is InChI=1S/C36H33F5N4O4/c1-44-19-21-15-26(36(39,40)41)25(18-24(21)34(44)48)23-5-4-14-45-29(23)7-8-30(45)33(47)20-16-27(37)32(28(38)17-20)43-31(46)6-3-11-35(49-2)12-9-22(42)10-13-35/h3-8,14-18,22H,9-13,19,42H2,1-2H3,(H,43,46)/b6-3+. The van der Waals surface area contributed by atoms with Gasteiger partial charge >= 0.3 is 6.18 Å². The highest BCUT2D eigenvalue weighted by molar-refractivity contribution is 6.10. The SMILES string of the molecule is COC1(C/C=C/C(=O)Nc2c(F)cc(C(=O)c3ccc4c(-c5cc6c(cc5C(F)(F)F)CN(C)C6=O)cccn34)cc2F)CCC(N)CC1. The number of anilines is 1. The number of carbonyl (C=O) groups is 3. The highest BCUT2D eigenvalue weighted by Gasteiger charge is 2.38. The Balaban J connectivity index is 1.26. The van der Waals surface area contributed by atoms with Gasteiger partial charge in [0.1, 0.15) is 17.3 Å². The maximum absolute atomic E-state index is 15.2. The Morgan fingerprint density at radius 1 is 1.04 bits per heavy atom. The summed E-state index contributed by atoms with van der Waals surface area (Å²) in [6.45, 7) is 0.0444. The van der Waals surface area contributed by atoms with Crippen molar-refractivity contribution in [2.75, 3.05) is 19.5 Å². The monoisotopic (exact) mass is 680 g/mol. The first-order chi connectivity index (χ1) is 23.2. The molecule has 8 nitrogen and oxygen atoms in total. The number of nitrogens with two attached hydrogens (primary N) is 1. The molecule has 0 radical (unpaired) electrons. The van der Waals surface area contributed by atoms with Crippen LogP contribution in [0.2, 0.25) is 0 Å². The van der Waals surface area contributed by atoms with Crippen LogP contribution in [-0.4, -0.2) is 52.7 Å². The summed E-state index contributed by atoms with van der Waals surface area (Å²) in [5.74, 6) is -4.38. The molecule has 49 heavy (non-hydrogen) atoms. The number of alkyl halides is 3. The molecule has 3 heterocycles. The van der Waals surface area contributed by atoms with E-state index in [0.29, 0.717) is 6.42 Å². The van der Waals surface area contributed by atoms with Gasteiger partial charge in [0, 0.05) is 49.6 Å². The van der Waals surface area contributed by atoms with Crippen LogP contribution < -0.4 is 11.1 Å². The molecule has 1 aliphatic heterocycles. The number of pyridine rings is 1. The van der Waals surface area contributed by atoms with Gasteiger partial charge < -0.3 is 25.1 Å². The Labute approximate surface area is 278 Å². The third-order valence-corrected chi connectivity index (χ3v) is 9.43. The summed E-state index contributed by atoms with van der Waals surface area (Å²) in [6, 6.07) is 9.48. The molecule has 6 rings (SSSR count). The molecule has 3 N–H and O–H groups in total. The summed E-state index contributed by atoms with van der Waals surface area (Å²) in [4.78, 5) is 40.0. The quantitative estimate of drug-likeness (QED) is 0.120. The van der Waals surface area contributed by atoms with Gasteiger partial charge in [0.2, 0.25) is 11.7 Å². The van der Waals surface area contributed by atoms with E-state index in [4.69, 9.17) is 10.5 Å². The Morgan fingerprint density at radius 3 is 2.39 bits per heavy atom. The van der Waals surface area contributed by atoms with Crippen LogP contribution in [0.5, 0.6) is 0 Å². The second-order valence-corrected chi connectivity index (χ2v) is 12.6. The van der Waals surface area contributed by atoms with Crippen molar-refractivity contribution in [1.82, 2.24) is 9.30 Å². The first kappa shape index (κ1) is 34.0.